The molecule has 1 heterocycles. The Bertz CT molecular complexity index is 553. The Balaban J connectivity index is 2.00. The molecule has 0 aliphatic carbocycles. The minimum absolute atomic E-state index is 0.0995. The Morgan fingerprint density at radius 1 is 1.26 bits per heavy atom. The lowest BCUT2D eigenvalue weighted by Crippen LogP contribution is -2.67. The van der Waals surface area contributed by atoms with E-state index in [0.29, 0.717) is 18.5 Å². The van der Waals surface area contributed by atoms with Crippen LogP contribution in [0.3, 0.4) is 0 Å². The van der Waals surface area contributed by atoms with E-state index in [-0.39, 0.29) is 29.0 Å². The van der Waals surface area contributed by atoms with Crippen molar-refractivity contribution in [2.24, 2.45) is 5.73 Å². The van der Waals surface area contributed by atoms with Crippen molar-refractivity contribution in [3.05, 3.63) is 35.6 Å². The standard InChI is InChI=1S/C18H28FN3O/c1-17(2)11-14(20)12-18(3,4)22(17)16(23)21-10-9-13-7-5-6-8-15(13)19/h5-8,14H,9-12,20H2,1-4H3,(H,21,23). The van der Waals surface area contributed by atoms with E-state index in [1.807, 2.05) is 32.6 Å². The van der Waals surface area contributed by atoms with Gasteiger partial charge in [-0.25, -0.2) is 9.18 Å². The first-order valence-corrected chi connectivity index (χ1v) is 8.21. The first-order valence-electron chi connectivity index (χ1n) is 8.21. The third kappa shape index (κ3) is 4.02. The number of nitrogens with two attached hydrogens (primary N) is 1. The molecule has 1 aliphatic heterocycles. The smallest absolute Gasteiger partial charge is 0.318 e. The number of carbonyl (C=O) groups excluding carboxylic acids is 1. The first kappa shape index (κ1) is 17.7. The minimum atomic E-state index is -0.302. The fourth-order valence-electron chi connectivity index (χ4n) is 3.99. The Morgan fingerprint density at radius 3 is 2.39 bits per heavy atom. The molecule has 23 heavy (non-hydrogen) atoms. The highest BCUT2D eigenvalue weighted by atomic mass is 19.1. The van der Waals surface area contributed by atoms with Gasteiger partial charge < -0.3 is 16.0 Å². The van der Waals surface area contributed by atoms with Crippen LogP contribution in [0.15, 0.2) is 24.3 Å². The Morgan fingerprint density at radius 2 is 1.83 bits per heavy atom. The van der Waals surface area contributed by atoms with Crippen molar-refractivity contribution in [2.75, 3.05) is 6.54 Å². The summed E-state index contributed by atoms with van der Waals surface area (Å²) < 4.78 is 13.6. The van der Waals surface area contributed by atoms with Gasteiger partial charge in [0.2, 0.25) is 0 Å². The summed E-state index contributed by atoms with van der Waals surface area (Å²) in [6, 6.07) is 6.65. The SMILES string of the molecule is CC1(C)CC(N)CC(C)(C)N1C(=O)NCCc1ccccc1F. The lowest BCUT2D eigenvalue weighted by Gasteiger charge is -2.54. The number of amides is 2. The molecule has 2 rings (SSSR count). The fourth-order valence-corrected chi connectivity index (χ4v) is 3.99. The molecule has 0 radical (unpaired) electrons. The van der Waals surface area contributed by atoms with Gasteiger partial charge in [0.05, 0.1) is 0 Å². The topological polar surface area (TPSA) is 58.4 Å². The summed E-state index contributed by atoms with van der Waals surface area (Å²) >= 11 is 0. The Hall–Kier alpha value is -1.62. The number of rotatable bonds is 3. The van der Waals surface area contributed by atoms with Crippen LogP contribution >= 0.6 is 0 Å². The van der Waals surface area contributed by atoms with Gasteiger partial charge in [-0.05, 0) is 58.6 Å². The van der Waals surface area contributed by atoms with Crippen LogP contribution in [0.4, 0.5) is 9.18 Å². The molecule has 3 N–H and O–H groups in total. The van der Waals surface area contributed by atoms with Gasteiger partial charge in [-0.15, -0.1) is 0 Å². The normalized spacial score (nSPS) is 20.3. The largest absolute Gasteiger partial charge is 0.338 e. The van der Waals surface area contributed by atoms with Crippen molar-refractivity contribution in [2.45, 2.75) is 64.1 Å². The lowest BCUT2D eigenvalue weighted by atomic mass is 9.77. The maximum Gasteiger partial charge on any atom is 0.318 e. The summed E-state index contributed by atoms with van der Waals surface area (Å²) in [7, 11) is 0. The summed E-state index contributed by atoms with van der Waals surface area (Å²) in [4.78, 5) is 14.6. The molecule has 0 aromatic heterocycles. The second-order valence-corrected chi connectivity index (χ2v) is 7.70. The fraction of sp³-hybridized carbons (Fsp3) is 0.611. The van der Waals surface area contributed by atoms with Crippen molar-refractivity contribution in [3.8, 4) is 0 Å². The number of halogens is 1. The number of benzene rings is 1. The van der Waals surface area contributed by atoms with Crippen LogP contribution in [0.2, 0.25) is 0 Å². The molecule has 0 saturated carbocycles. The molecule has 1 aromatic carbocycles. The van der Waals surface area contributed by atoms with E-state index in [0.717, 1.165) is 12.8 Å². The predicted molar refractivity (Wildman–Crippen MR) is 90.7 cm³/mol. The van der Waals surface area contributed by atoms with Crippen LogP contribution in [0.25, 0.3) is 0 Å². The molecular formula is C18H28FN3O. The molecule has 1 saturated heterocycles. The second-order valence-electron chi connectivity index (χ2n) is 7.70. The lowest BCUT2D eigenvalue weighted by molar-refractivity contribution is 0.00324. The molecule has 0 spiro atoms. The number of carbonyl (C=O) groups is 1. The van der Waals surface area contributed by atoms with Crippen LogP contribution < -0.4 is 11.1 Å². The van der Waals surface area contributed by atoms with Crippen LogP contribution in [0.1, 0.15) is 46.1 Å². The molecule has 128 valence electrons. The zero-order valence-electron chi connectivity index (χ0n) is 14.5. The van der Waals surface area contributed by atoms with Gasteiger partial charge >= 0.3 is 6.03 Å². The van der Waals surface area contributed by atoms with Crippen molar-refractivity contribution in [1.29, 1.82) is 0 Å². The van der Waals surface area contributed by atoms with Gasteiger partial charge in [-0.3, -0.25) is 0 Å². The highest BCUT2D eigenvalue weighted by Gasteiger charge is 2.46. The zero-order chi connectivity index (χ0) is 17.3. The van der Waals surface area contributed by atoms with Crippen molar-refractivity contribution >= 4 is 6.03 Å². The van der Waals surface area contributed by atoms with Crippen molar-refractivity contribution < 1.29 is 9.18 Å². The maximum absolute atomic E-state index is 13.6. The van der Waals surface area contributed by atoms with E-state index in [1.165, 1.54) is 6.07 Å². The Labute approximate surface area is 138 Å². The first-order chi connectivity index (χ1) is 10.6. The number of nitrogens with zero attached hydrogens (tertiary/aromatic N) is 1. The van der Waals surface area contributed by atoms with Crippen molar-refractivity contribution in [3.63, 3.8) is 0 Å². The molecule has 0 atom stereocenters. The molecule has 0 unspecified atom stereocenters. The van der Waals surface area contributed by atoms with E-state index < -0.39 is 0 Å². The summed E-state index contributed by atoms with van der Waals surface area (Å²) in [5, 5.41) is 2.93. The zero-order valence-corrected chi connectivity index (χ0v) is 14.5. The summed E-state index contributed by atoms with van der Waals surface area (Å²) in [6.07, 6.45) is 2.03. The summed E-state index contributed by atoms with van der Waals surface area (Å²) in [6.45, 7) is 8.59. The van der Waals surface area contributed by atoms with Crippen molar-refractivity contribution in [1.82, 2.24) is 10.2 Å². The third-order valence-electron chi connectivity index (χ3n) is 4.57. The van der Waals surface area contributed by atoms with E-state index in [9.17, 15) is 9.18 Å². The monoisotopic (exact) mass is 321 g/mol. The van der Waals surface area contributed by atoms with Crippen LogP contribution in [-0.4, -0.2) is 34.6 Å². The van der Waals surface area contributed by atoms with E-state index >= 15 is 0 Å². The average Bonchev–Trinajstić information content (AvgIpc) is 2.37. The van der Waals surface area contributed by atoms with Crippen LogP contribution in [0.5, 0.6) is 0 Å². The van der Waals surface area contributed by atoms with Crippen LogP contribution in [0, 0.1) is 5.82 Å². The highest BCUT2D eigenvalue weighted by Crippen LogP contribution is 2.37. The molecule has 1 fully saturated rings. The van der Waals surface area contributed by atoms with Gasteiger partial charge in [-0.2, -0.15) is 0 Å². The molecule has 1 aromatic rings. The Kier molecular flexibility index (Phi) is 4.99. The van der Waals surface area contributed by atoms with Gasteiger partial charge in [0.15, 0.2) is 0 Å². The second kappa shape index (κ2) is 6.48. The number of hydrogen-bond acceptors (Lipinski definition) is 2. The number of piperidine rings is 1. The van der Waals surface area contributed by atoms with Crippen LogP contribution in [-0.2, 0) is 6.42 Å². The number of nitrogens with one attached hydrogen (secondary N) is 1. The highest BCUT2D eigenvalue weighted by molar-refractivity contribution is 5.76. The van der Waals surface area contributed by atoms with E-state index in [1.54, 1.807) is 18.2 Å². The third-order valence-corrected chi connectivity index (χ3v) is 4.57. The molecule has 0 bridgehead atoms. The summed E-state index contributed by atoms with van der Waals surface area (Å²) in [5.74, 6) is -0.230. The number of likely N-dealkylation sites (tertiary alicyclic amines) is 1. The molecule has 4 nitrogen and oxygen atoms in total. The number of urea groups is 1. The maximum atomic E-state index is 13.6. The molecule has 1 aliphatic rings. The molecule has 5 heteroatoms. The average molecular weight is 321 g/mol. The summed E-state index contributed by atoms with van der Waals surface area (Å²) in [5.41, 5.74) is 6.15. The predicted octanol–water partition coefficient (Wildman–Crippen LogP) is 3.06. The van der Waals surface area contributed by atoms with Gasteiger partial charge in [0, 0.05) is 23.7 Å². The van der Waals surface area contributed by atoms with Gasteiger partial charge in [0.1, 0.15) is 5.82 Å². The van der Waals surface area contributed by atoms with E-state index in [2.05, 4.69) is 5.32 Å². The minimum Gasteiger partial charge on any atom is -0.338 e. The van der Waals surface area contributed by atoms with Gasteiger partial charge in [0.25, 0.3) is 0 Å². The molecular weight excluding hydrogens is 293 g/mol. The number of hydrogen-bond donors (Lipinski definition) is 2. The van der Waals surface area contributed by atoms with Gasteiger partial charge in [-0.1, -0.05) is 18.2 Å². The molecule has 2 amide bonds. The van der Waals surface area contributed by atoms with E-state index in [4.69, 9.17) is 5.73 Å². The quantitative estimate of drug-likeness (QED) is 0.899.